The van der Waals surface area contributed by atoms with Gasteiger partial charge in [-0.25, -0.2) is 9.97 Å². The smallest absolute Gasteiger partial charge is 0.257 e. The van der Waals surface area contributed by atoms with Crippen molar-refractivity contribution in [2.24, 2.45) is 0 Å². The first kappa shape index (κ1) is 17.0. The minimum atomic E-state index is 0.0392. The summed E-state index contributed by atoms with van der Waals surface area (Å²) in [7, 11) is 0. The maximum Gasteiger partial charge on any atom is 0.257 e. The van der Waals surface area contributed by atoms with Gasteiger partial charge in [-0.3, -0.25) is 9.69 Å². The third kappa shape index (κ3) is 3.85. The second-order valence-electron chi connectivity index (χ2n) is 7.02. The number of hydrogen-bond acceptors (Lipinski definition) is 5. The van der Waals surface area contributed by atoms with E-state index in [4.69, 9.17) is 0 Å². The van der Waals surface area contributed by atoms with Crippen LogP contribution in [0.5, 0.6) is 0 Å². The lowest BCUT2D eigenvalue weighted by Gasteiger charge is -2.34. The van der Waals surface area contributed by atoms with Gasteiger partial charge in [0.15, 0.2) is 0 Å². The Morgan fingerprint density at radius 1 is 0.885 bits per heavy atom. The number of anilines is 1. The van der Waals surface area contributed by atoms with Gasteiger partial charge < -0.3 is 9.80 Å². The molecule has 1 aromatic carbocycles. The number of hydrogen-bond donors (Lipinski definition) is 0. The van der Waals surface area contributed by atoms with E-state index in [1.54, 1.807) is 12.4 Å². The van der Waals surface area contributed by atoms with Gasteiger partial charge in [0.25, 0.3) is 5.91 Å². The Morgan fingerprint density at radius 2 is 1.54 bits per heavy atom. The average Bonchev–Trinajstić information content (AvgIpc) is 3.24. The van der Waals surface area contributed by atoms with Gasteiger partial charge in [-0.05, 0) is 18.4 Å². The largest absolute Gasteiger partial charge is 0.341 e. The van der Waals surface area contributed by atoms with E-state index in [1.807, 2.05) is 11.0 Å². The highest BCUT2D eigenvalue weighted by Gasteiger charge is 2.23. The molecular weight excluding hydrogens is 326 g/mol. The van der Waals surface area contributed by atoms with Crippen molar-refractivity contribution in [2.75, 3.05) is 44.2 Å². The Kier molecular flexibility index (Phi) is 5.11. The van der Waals surface area contributed by atoms with Crippen molar-refractivity contribution in [3.05, 3.63) is 53.9 Å². The summed E-state index contributed by atoms with van der Waals surface area (Å²) in [6.45, 7) is 6.25. The Hall–Kier alpha value is -2.47. The van der Waals surface area contributed by atoms with Gasteiger partial charge in [-0.15, -0.1) is 0 Å². The highest BCUT2D eigenvalue weighted by atomic mass is 16.2. The van der Waals surface area contributed by atoms with Crippen molar-refractivity contribution in [1.29, 1.82) is 0 Å². The Labute approximate surface area is 154 Å². The summed E-state index contributed by atoms with van der Waals surface area (Å²) in [6, 6.07) is 10.5. The van der Waals surface area contributed by atoms with Crippen LogP contribution in [0.2, 0.25) is 0 Å². The summed E-state index contributed by atoms with van der Waals surface area (Å²) in [5.41, 5.74) is 1.91. The molecule has 0 unspecified atom stereocenters. The Morgan fingerprint density at radius 3 is 2.19 bits per heavy atom. The predicted octanol–water partition coefficient (Wildman–Crippen LogP) is 2.03. The van der Waals surface area contributed by atoms with Crippen molar-refractivity contribution in [2.45, 2.75) is 19.4 Å². The van der Waals surface area contributed by atoms with Crippen LogP contribution in [-0.4, -0.2) is 64.9 Å². The van der Waals surface area contributed by atoms with Gasteiger partial charge in [0.1, 0.15) is 0 Å². The summed E-state index contributed by atoms with van der Waals surface area (Å²) in [5.74, 6) is 0.782. The standard InChI is InChI=1S/C20H25N5O/c26-19(18-14-21-20(22-15-18)25-8-4-5-9-25)24-12-10-23(11-13-24)16-17-6-2-1-3-7-17/h1-3,6-7,14-15H,4-5,8-13,16H2. The molecule has 0 spiro atoms. The highest BCUT2D eigenvalue weighted by Crippen LogP contribution is 2.16. The maximum absolute atomic E-state index is 12.7. The van der Waals surface area contributed by atoms with E-state index in [0.717, 1.165) is 51.8 Å². The summed E-state index contributed by atoms with van der Waals surface area (Å²) in [6.07, 6.45) is 5.74. The molecule has 136 valence electrons. The minimum absolute atomic E-state index is 0.0392. The van der Waals surface area contributed by atoms with Gasteiger partial charge >= 0.3 is 0 Å². The fourth-order valence-electron chi connectivity index (χ4n) is 3.65. The molecule has 3 heterocycles. The lowest BCUT2D eigenvalue weighted by Crippen LogP contribution is -2.48. The number of piperazine rings is 1. The number of amides is 1. The van der Waals surface area contributed by atoms with E-state index in [2.05, 4.69) is 44.0 Å². The zero-order valence-electron chi connectivity index (χ0n) is 15.0. The second-order valence-corrected chi connectivity index (χ2v) is 7.02. The fraction of sp³-hybridized carbons (Fsp3) is 0.450. The number of nitrogens with zero attached hydrogens (tertiary/aromatic N) is 5. The molecule has 2 fully saturated rings. The fourth-order valence-corrected chi connectivity index (χ4v) is 3.65. The molecule has 26 heavy (non-hydrogen) atoms. The molecule has 6 nitrogen and oxygen atoms in total. The van der Waals surface area contributed by atoms with Crippen LogP contribution in [0.25, 0.3) is 0 Å². The van der Waals surface area contributed by atoms with Crippen LogP contribution >= 0.6 is 0 Å². The van der Waals surface area contributed by atoms with Gasteiger partial charge in [0, 0.05) is 58.2 Å². The van der Waals surface area contributed by atoms with Gasteiger partial charge in [0.05, 0.1) is 5.56 Å². The van der Waals surface area contributed by atoms with Crippen molar-refractivity contribution >= 4 is 11.9 Å². The van der Waals surface area contributed by atoms with E-state index in [9.17, 15) is 4.79 Å². The zero-order chi connectivity index (χ0) is 17.8. The quantitative estimate of drug-likeness (QED) is 0.844. The van der Waals surface area contributed by atoms with Crippen LogP contribution in [-0.2, 0) is 6.54 Å². The third-order valence-corrected chi connectivity index (χ3v) is 5.18. The van der Waals surface area contributed by atoms with E-state index < -0.39 is 0 Å². The first-order valence-corrected chi connectivity index (χ1v) is 9.42. The lowest BCUT2D eigenvalue weighted by molar-refractivity contribution is 0.0627. The van der Waals surface area contributed by atoms with E-state index in [0.29, 0.717) is 5.56 Å². The molecule has 1 amide bonds. The van der Waals surface area contributed by atoms with Crippen LogP contribution in [0, 0.1) is 0 Å². The van der Waals surface area contributed by atoms with Gasteiger partial charge in [-0.2, -0.15) is 0 Å². The molecule has 2 aliphatic rings. The van der Waals surface area contributed by atoms with Gasteiger partial charge in [0.2, 0.25) is 5.95 Å². The third-order valence-electron chi connectivity index (χ3n) is 5.18. The van der Waals surface area contributed by atoms with E-state index >= 15 is 0 Å². The number of carbonyl (C=O) groups excluding carboxylic acids is 1. The van der Waals surface area contributed by atoms with Crippen LogP contribution in [0.3, 0.4) is 0 Å². The van der Waals surface area contributed by atoms with Crippen molar-refractivity contribution < 1.29 is 4.79 Å². The van der Waals surface area contributed by atoms with Crippen molar-refractivity contribution in [3.8, 4) is 0 Å². The van der Waals surface area contributed by atoms with Gasteiger partial charge in [-0.1, -0.05) is 30.3 Å². The molecule has 4 rings (SSSR count). The lowest BCUT2D eigenvalue weighted by atomic mass is 10.2. The number of benzene rings is 1. The molecule has 0 aliphatic carbocycles. The Balaban J connectivity index is 1.31. The second kappa shape index (κ2) is 7.83. The monoisotopic (exact) mass is 351 g/mol. The highest BCUT2D eigenvalue weighted by molar-refractivity contribution is 5.93. The van der Waals surface area contributed by atoms with Crippen LogP contribution < -0.4 is 4.90 Å². The maximum atomic E-state index is 12.7. The number of rotatable bonds is 4. The average molecular weight is 351 g/mol. The molecule has 0 bridgehead atoms. The Bertz CT molecular complexity index is 720. The molecular formula is C20H25N5O. The van der Waals surface area contributed by atoms with Crippen LogP contribution in [0.1, 0.15) is 28.8 Å². The van der Waals surface area contributed by atoms with E-state index in [1.165, 1.54) is 18.4 Å². The molecule has 6 heteroatoms. The molecule has 0 N–H and O–H groups in total. The number of carbonyl (C=O) groups is 1. The summed E-state index contributed by atoms with van der Waals surface area (Å²) in [5, 5.41) is 0. The van der Waals surface area contributed by atoms with Crippen LogP contribution in [0.4, 0.5) is 5.95 Å². The molecule has 0 saturated carbocycles. The minimum Gasteiger partial charge on any atom is -0.341 e. The normalized spacial score (nSPS) is 18.3. The first-order chi connectivity index (χ1) is 12.8. The molecule has 1 aromatic heterocycles. The molecule has 0 atom stereocenters. The van der Waals surface area contributed by atoms with Crippen molar-refractivity contribution in [1.82, 2.24) is 19.8 Å². The molecule has 2 aliphatic heterocycles. The molecule has 0 radical (unpaired) electrons. The predicted molar refractivity (Wildman–Crippen MR) is 101 cm³/mol. The summed E-state index contributed by atoms with van der Waals surface area (Å²) < 4.78 is 0. The van der Waals surface area contributed by atoms with E-state index in [-0.39, 0.29) is 5.91 Å². The topological polar surface area (TPSA) is 52.6 Å². The first-order valence-electron chi connectivity index (χ1n) is 9.42. The van der Waals surface area contributed by atoms with Crippen LogP contribution in [0.15, 0.2) is 42.7 Å². The summed E-state index contributed by atoms with van der Waals surface area (Å²) in [4.78, 5) is 28.0. The SMILES string of the molecule is O=C(c1cnc(N2CCCC2)nc1)N1CCN(Cc2ccccc2)CC1. The van der Waals surface area contributed by atoms with Crippen molar-refractivity contribution in [3.63, 3.8) is 0 Å². The molecule has 2 aromatic rings. The summed E-state index contributed by atoms with van der Waals surface area (Å²) >= 11 is 0. The number of aromatic nitrogens is 2. The zero-order valence-corrected chi connectivity index (χ0v) is 15.0. The molecule has 2 saturated heterocycles.